The lowest BCUT2D eigenvalue weighted by molar-refractivity contribution is 0.586. The standard InChI is InChI=1S/C11H19N3S/c1-4-15-8-11-13-6-10(7-14-11)5-12-9(2)3/h6-7,9,12H,4-5,8H2,1-3H3. The molecule has 0 aromatic carbocycles. The number of nitrogens with zero attached hydrogens (tertiary/aromatic N) is 2. The number of thioether (sulfide) groups is 1. The molecule has 0 fully saturated rings. The van der Waals surface area contributed by atoms with Crippen LogP contribution in [0.25, 0.3) is 0 Å². The molecule has 1 N–H and O–H groups in total. The summed E-state index contributed by atoms with van der Waals surface area (Å²) in [5.41, 5.74) is 1.15. The fraction of sp³-hybridized carbons (Fsp3) is 0.636. The van der Waals surface area contributed by atoms with Crippen molar-refractivity contribution < 1.29 is 0 Å². The molecule has 0 radical (unpaired) electrons. The smallest absolute Gasteiger partial charge is 0.138 e. The van der Waals surface area contributed by atoms with Crippen LogP contribution in [0.5, 0.6) is 0 Å². The molecule has 0 unspecified atom stereocenters. The Labute approximate surface area is 96.1 Å². The minimum absolute atomic E-state index is 0.500. The summed E-state index contributed by atoms with van der Waals surface area (Å²) in [6.45, 7) is 7.25. The molecule has 1 aromatic rings. The van der Waals surface area contributed by atoms with Crippen LogP contribution in [-0.4, -0.2) is 21.8 Å². The average molecular weight is 225 g/mol. The van der Waals surface area contributed by atoms with E-state index in [2.05, 4.69) is 36.1 Å². The van der Waals surface area contributed by atoms with Crippen molar-refractivity contribution in [3.63, 3.8) is 0 Å². The maximum Gasteiger partial charge on any atom is 0.138 e. The van der Waals surface area contributed by atoms with E-state index in [-0.39, 0.29) is 0 Å². The first-order chi connectivity index (χ1) is 7.22. The van der Waals surface area contributed by atoms with Gasteiger partial charge >= 0.3 is 0 Å². The summed E-state index contributed by atoms with van der Waals surface area (Å²) in [4.78, 5) is 8.64. The van der Waals surface area contributed by atoms with Crippen molar-refractivity contribution in [2.75, 3.05) is 5.75 Å². The fourth-order valence-corrected chi connectivity index (χ4v) is 1.60. The molecule has 0 saturated carbocycles. The predicted octanol–water partition coefficient (Wildman–Crippen LogP) is 2.23. The largest absolute Gasteiger partial charge is 0.310 e. The highest BCUT2D eigenvalue weighted by Gasteiger charge is 1.98. The Morgan fingerprint density at radius 3 is 2.53 bits per heavy atom. The summed E-state index contributed by atoms with van der Waals surface area (Å²) in [7, 11) is 0. The minimum Gasteiger partial charge on any atom is -0.310 e. The monoisotopic (exact) mass is 225 g/mol. The normalized spacial score (nSPS) is 10.9. The van der Waals surface area contributed by atoms with Crippen LogP contribution in [0.15, 0.2) is 12.4 Å². The van der Waals surface area contributed by atoms with Gasteiger partial charge in [0.25, 0.3) is 0 Å². The number of hydrogen-bond donors (Lipinski definition) is 1. The van der Waals surface area contributed by atoms with E-state index in [4.69, 9.17) is 0 Å². The Morgan fingerprint density at radius 2 is 2.00 bits per heavy atom. The molecule has 0 amide bonds. The zero-order chi connectivity index (χ0) is 11.1. The van der Waals surface area contributed by atoms with Gasteiger partial charge in [0.1, 0.15) is 5.82 Å². The highest BCUT2D eigenvalue weighted by molar-refractivity contribution is 7.98. The minimum atomic E-state index is 0.500. The van der Waals surface area contributed by atoms with E-state index in [9.17, 15) is 0 Å². The highest BCUT2D eigenvalue weighted by Crippen LogP contribution is 2.07. The Hall–Kier alpha value is -0.610. The predicted molar refractivity (Wildman–Crippen MR) is 65.8 cm³/mol. The number of aromatic nitrogens is 2. The van der Waals surface area contributed by atoms with Crippen LogP contribution in [0.1, 0.15) is 32.2 Å². The van der Waals surface area contributed by atoms with Gasteiger partial charge in [-0.25, -0.2) is 9.97 Å². The highest BCUT2D eigenvalue weighted by atomic mass is 32.2. The molecule has 84 valence electrons. The van der Waals surface area contributed by atoms with E-state index in [1.54, 1.807) is 0 Å². The lowest BCUT2D eigenvalue weighted by Crippen LogP contribution is -2.22. The van der Waals surface area contributed by atoms with Crippen molar-refractivity contribution >= 4 is 11.8 Å². The molecule has 15 heavy (non-hydrogen) atoms. The second kappa shape index (κ2) is 6.80. The Kier molecular flexibility index (Phi) is 5.65. The zero-order valence-electron chi connectivity index (χ0n) is 9.66. The maximum absolute atomic E-state index is 4.32. The van der Waals surface area contributed by atoms with Gasteiger partial charge in [-0.15, -0.1) is 0 Å². The molecule has 4 heteroatoms. The number of rotatable bonds is 6. The molecular weight excluding hydrogens is 206 g/mol. The molecule has 1 rings (SSSR count). The van der Waals surface area contributed by atoms with E-state index in [0.717, 1.165) is 29.4 Å². The first-order valence-corrected chi connectivity index (χ1v) is 6.48. The van der Waals surface area contributed by atoms with Crippen LogP contribution < -0.4 is 5.32 Å². The second-order valence-corrected chi connectivity index (χ2v) is 4.95. The quantitative estimate of drug-likeness (QED) is 0.805. The molecular formula is C11H19N3S. The van der Waals surface area contributed by atoms with Crippen molar-refractivity contribution in [3.05, 3.63) is 23.8 Å². The van der Waals surface area contributed by atoms with Crippen molar-refractivity contribution in [2.24, 2.45) is 0 Å². The van der Waals surface area contributed by atoms with Gasteiger partial charge in [0.15, 0.2) is 0 Å². The first kappa shape index (κ1) is 12.5. The molecule has 1 aromatic heterocycles. The van der Waals surface area contributed by atoms with Gasteiger partial charge in [-0.3, -0.25) is 0 Å². The molecule has 0 saturated heterocycles. The molecule has 0 atom stereocenters. The zero-order valence-corrected chi connectivity index (χ0v) is 10.5. The van der Waals surface area contributed by atoms with Gasteiger partial charge < -0.3 is 5.32 Å². The summed E-state index contributed by atoms with van der Waals surface area (Å²) >= 11 is 1.84. The van der Waals surface area contributed by atoms with E-state index in [0.29, 0.717) is 6.04 Å². The van der Waals surface area contributed by atoms with E-state index >= 15 is 0 Å². The lowest BCUT2D eigenvalue weighted by atomic mass is 10.3. The summed E-state index contributed by atoms with van der Waals surface area (Å²) in [6.07, 6.45) is 3.82. The molecule has 3 nitrogen and oxygen atoms in total. The summed E-state index contributed by atoms with van der Waals surface area (Å²) in [5, 5.41) is 3.34. The first-order valence-electron chi connectivity index (χ1n) is 5.33. The summed E-state index contributed by atoms with van der Waals surface area (Å²) < 4.78 is 0. The lowest BCUT2D eigenvalue weighted by Gasteiger charge is -2.07. The van der Waals surface area contributed by atoms with Crippen molar-refractivity contribution in [3.8, 4) is 0 Å². The topological polar surface area (TPSA) is 37.8 Å². The third kappa shape index (κ3) is 5.14. The van der Waals surface area contributed by atoms with Crippen LogP contribution in [0.3, 0.4) is 0 Å². The van der Waals surface area contributed by atoms with Crippen LogP contribution >= 0.6 is 11.8 Å². The SMILES string of the molecule is CCSCc1ncc(CNC(C)C)cn1. The molecule has 0 aliphatic heterocycles. The molecule has 0 aliphatic carbocycles. The molecule has 1 heterocycles. The molecule has 0 bridgehead atoms. The van der Waals surface area contributed by atoms with E-state index < -0.39 is 0 Å². The van der Waals surface area contributed by atoms with Gasteiger partial charge in [-0.1, -0.05) is 20.8 Å². The van der Waals surface area contributed by atoms with Crippen molar-refractivity contribution in [1.29, 1.82) is 0 Å². The Balaban J connectivity index is 2.41. The fourth-order valence-electron chi connectivity index (χ4n) is 1.06. The van der Waals surface area contributed by atoms with Gasteiger partial charge in [0.05, 0.1) is 5.75 Å². The third-order valence-corrected chi connectivity index (χ3v) is 2.78. The van der Waals surface area contributed by atoms with E-state index in [1.165, 1.54) is 0 Å². The number of nitrogens with one attached hydrogen (secondary N) is 1. The van der Waals surface area contributed by atoms with Crippen molar-refractivity contribution in [2.45, 2.75) is 39.1 Å². The number of hydrogen-bond acceptors (Lipinski definition) is 4. The van der Waals surface area contributed by atoms with E-state index in [1.807, 2.05) is 24.2 Å². The Morgan fingerprint density at radius 1 is 1.33 bits per heavy atom. The second-order valence-electron chi connectivity index (χ2n) is 3.68. The van der Waals surface area contributed by atoms with Gasteiger partial charge in [-0.2, -0.15) is 11.8 Å². The van der Waals surface area contributed by atoms with Crippen LogP contribution in [0.2, 0.25) is 0 Å². The van der Waals surface area contributed by atoms with Gasteiger partial charge in [0.2, 0.25) is 0 Å². The third-order valence-electron chi connectivity index (χ3n) is 1.91. The molecule has 0 aliphatic rings. The summed E-state index contributed by atoms with van der Waals surface area (Å²) in [5.74, 6) is 2.95. The van der Waals surface area contributed by atoms with Crippen molar-refractivity contribution in [1.82, 2.24) is 15.3 Å². The summed E-state index contributed by atoms with van der Waals surface area (Å²) in [6, 6.07) is 0.500. The van der Waals surface area contributed by atoms with Gasteiger partial charge in [0, 0.05) is 30.5 Å². The van der Waals surface area contributed by atoms with Gasteiger partial charge in [-0.05, 0) is 5.75 Å². The maximum atomic E-state index is 4.32. The average Bonchev–Trinajstić information content (AvgIpc) is 2.25. The molecule has 0 spiro atoms. The Bertz CT molecular complexity index is 272. The van der Waals surface area contributed by atoms with Crippen LogP contribution in [0, 0.1) is 0 Å². The van der Waals surface area contributed by atoms with Crippen LogP contribution in [-0.2, 0) is 12.3 Å². The van der Waals surface area contributed by atoms with Crippen LogP contribution in [0.4, 0.5) is 0 Å².